The maximum absolute atomic E-state index is 12.4. The molecule has 6 nitrogen and oxygen atoms in total. The van der Waals surface area contributed by atoms with Gasteiger partial charge >= 0.3 is 0 Å². The first-order chi connectivity index (χ1) is 11.1. The van der Waals surface area contributed by atoms with Crippen LogP contribution in [0.2, 0.25) is 0 Å². The van der Waals surface area contributed by atoms with Crippen molar-refractivity contribution in [3.63, 3.8) is 0 Å². The SMILES string of the molecule is CC1=C(C(=O)N(C)Cc2cnn(-c3ccccc3)c2)OCCO1. The van der Waals surface area contributed by atoms with Gasteiger partial charge in [0.2, 0.25) is 5.76 Å². The predicted molar refractivity (Wildman–Crippen MR) is 84.6 cm³/mol. The molecule has 1 aromatic carbocycles. The van der Waals surface area contributed by atoms with Gasteiger partial charge in [-0.25, -0.2) is 4.68 Å². The minimum atomic E-state index is -0.185. The third-order valence-corrected chi connectivity index (χ3v) is 3.59. The molecule has 0 atom stereocenters. The Kier molecular flexibility index (Phi) is 4.32. The smallest absolute Gasteiger partial charge is 0.292 e. The van der Waals surface area contributed by atoms with E-state index in [1.54, 1.807) is 29.7 Å². The second kappa shape index (κ2) is 6.56. The second-order valence-corrected chi connectivity index (χ2v) is 5.37. The van der Waals surface area contributed by atoms with E-state index in [0.29, 0.717) is 25.5 Å². The average Bonchev–Trinajstić information content (AvgIpc) is 3.04. The number of likely N-dealkylation sites (N-methyl/N-ethyl adjacent to an activating group) is 1. The van der Waals surface area contributed by atoms with Crippen LogP contribution in [0, 0.1) is 0 Å². The highest BCUT2D eigenvalue weighted by Crippen LogP contribution is 2.16. The van der Waals surface area contributed by atoms with Gasteiger partial charge in [0.1, 0.15) is 19.0 Å². The van der Waals surface area contributed by atoms with Crippen LogP contribution in [-0.2, 0) is 20.8 Å². The van der Waals surface area contributed by atoms with Gasteiger partial charge in [-0.15, -0.1) is 0 Å². The lowest BCUT2D eigenvalue weighted by atomic mass is 10.3. The van der Waals surface area contributed by atoms with Crippen molar-refractivity contribution >= 4 is 5.91 Å². The summed E-state index contributed by atoms with van der Waals surface area (Å²) in [5.74, 6) is 0.636. The highest BCUT2D eigenvalue weighted by molar-refractivity contribution is 5.91. The van der Waals surface area contributed by atoms with Crippen molar-refractivity contribution < 1.29 is 14.3 Å². The number of carbonyl (C=O) groups excluding carboxylic acids is 1. The van der Waals surface area contributed by atoms with E-state index in [2.05, 4.69) is 5.10 Å². The van der Waals surface area contributed by atoms with Crippen LogP contribution in [0.1, 0.15) is 12.5 Å². The molecule has 0 radical (unpaired) electrons. The molecule has 2 heterocycles. The molecule has 23 heavy (non-hydrogen) atoms. The van der Waals surface area contributed by atoms with Crippen LogP contribution in [0.3, 0.4) is 0 Å². The number of hydrogen-bond acceptors (Lipinski definition) is 4. The largest absolute Gasteiger partial charge is 0.491 e. The van der Waals surface area contributed by atoms with Gasteiger partial charge in [-0.2, -0.15) is 5.10 Å². The third kappa shape index (κ3) is 3.36. The Morgan fingerprint density at radius 1 is 1.26 bits per heavy atom. The molecule has 0 saturated heterocycles. The molecule has 0 N–H and O–H groups in total. The first kappa shape index (κ1) is 15.1. The van der Waals surface area contributed by atoms with E-state index < -0.39 is 0 Å². The fourth-order valence-corrected chi connectivity index (χ4v) is 2.40. The van der Waals surface area contributed by atoms with Crippen molar-refractivity contribution in [1.29, 1.82) is 0 Å². The molecule has 1 aliphatic heterocycles. The summed E-state index contributed by atoms with van der Waals surface area (Å²) < 4.78 is 12.6. The van der Waals surface area contributed by atoms with E-state index in [-0.39, 0.29) is 11.7 Å². The molecule has 6 heteroatoms. The van der Waals surface area contributed by atoms with Crippen LogP contribution in [0.25, 0.3) is 5.69 Å². The van der Waals surface area contributed by atoms with Gasteiger partial charge < -0.3 is 14.4 Å². The van der Waals surface area contributed by atoms with Gasteiger partial charge in [0, 0.05) is 25.4 Å². The average molecular weight is 313 g/mol. The molecule has 0 saturated carbocycles. The van der Waals surface area contributed by atoms with Crippen molar-refractivity contribution in [2.24, 2.45) is 0 Å². The highest BCUT2D eigenvalue weighted by atomic mass is 16.6. The lowest BCUT2D eigenvalue weighted by molar-refractivity contribution is -0.132. The molecule has 3 rings (SSSR count). The van der Waals surface area contributed by atoms with Gasteiger partial charge in [0.25, 0.3) is 5.91 Å². The number of rotatable bonds is 4. The molecule has 0 spiro atoms. The summed E-state index contributed by atoms with van der Waals surface area (Å²) in [6.07, 6.45) is 3.68. The highest BCUT2D eigenvalue weighted by Gasteiger charge is 2.23. The predicted octanol–water partition coefficient (Wildman–Crippen LogP) is 2.11. The van der Waals surface area contributed by atoms with Crippen LogP contribution in [0.4, 0.5) is 0 Å². The first-order valence-electron chi connectivity index (χ1n) is 7.46. The molecule has 0 fully saturated rings. The molecule has 1 amide bonds. The summed E-state index contributed by atoms with van der Waals surface area (Å²) in [5.41, 5.74) is 1.93. The maximum Gasteiger partial charge on any atom is 0.292 e. The fourth-order valence-electron chi connectivity index (χ4n) is 2.40. The van der Waals surface area contributed by atoms with Crippen LogP contribution >= 0.6 is 0 Å². The summed E-state index contributed by atoms with van der Waals surface area (Å²) in [6, 6.07) is 9.84. The normalized spacial score (nSPS) is 14.2. The van der Waals surface area contributed by atoms with E-state index >= 15 is 0 Å². The van der Waals surface area contributed by atoms with E-state index in [1.165, 1.54) is 0 Å². The zero-order chi connectivity index (χ0) is 16.2. The van der Waals surface area contributed by atoms with Crippen molar-refractivity contribution in [2.45, 2.75) is 13.5 Å². The van der Waals surface area contributed by atoms with E-state index in [1.807, 2.05) is 36.5 Å². The third-order valence-electron chi connectivity index (χ3n) is 3.59. The van der Waals surface area contributed by atoms with Crippen LogP contribution in [0.15, 0.2) is 54.2 Å². The molecular weight excluding hydrogens is 294 g/mol. The van der Waals surface area contributed by atoms with Crippen molar-refractivity contribution in [3.8, 4) is 5.69 Å². The van der Waals surface area contributed by atoms with Crippen LogP contribution in [-0.4, -0.2) is 40.8 Å². The zero-order valence-electron chi connectivity index (χ0n) is 13.2. The molecule has 0 aliphatic carbocycles. The first-order valence-corrected chi connectivity index (χ1v) is 7.46. The Labute approximate surface area is 134 Å². The number of para-hydroxylation sites is 1. The number of hydrogen-bond donors (Lipinski definition) is 0. The number of carbonyl (C=O) groups is 1. The van der Waals surface area contributed by atoms with Gasteiger partial charge in [-0.3, -0.25) is 4.79 Å². The van der Waals surface area contributed by atoms with Crippen molar-refractivity contribution in [1.82, 2.24) is 14.7 Å². The molecule has 2 aromatic rings. The minimum Gasteiger partial charge on any atom is -0.491 e. The lowest BCUT2D eigenvalue weighted by Gasteiger charge is -2.23. The summed E-state index contributed by atoms with van der Waals surface area (Å²) in [6.45, 7) is 3.08. The topological polar surface area (TPSA) is 56.6 Å². The van der Waals surface area contributed by atoms with Crippen LogP contribution in [0.5, 0.6) is 0 Å². The van der Waals surface area contributed by atoms with Crippen LogP contribution < -0.4 is 0 Å². The molecule has 1 aliphatic rings. The minimum absolute atomic E-state index is 0.185. The summed E-state index contributed by atoms with van der Waals surface area (Å²) >= 11 is 0. The van der Waals surface area contributed by atoms with Gasteiger partial charge in [-0.1, -0.05) is 18.2 Å². The molecule has 0 unspecified atom stereocenters. The molecule has 0 bridgehead atoms. The number of nitrogens with zero attached hydrogens (tertiary/aromatic N) is 3. The van der Waals surface area contributed by atoms with E-state index in [4.69, 9.17) is 9.47 Å². The van der Waals surface area contributed by atoms with Gasteiger partial charge in [0.05, 0.1) is 11.9 Å². The quantitative estimate of drug-likeness (QED) is 0.867. The zero-order valence-corrected chi connectivity index (χ0v) is 13.2. The molecule has 1 aromatic heterocycles. The second-order valence-electron chi connectivity index (χ2n) is 5.37. The summed E-state index contributed by atoms with van der Waals surface area (Å²) in [4.78, 5) is 14.0. The Bertz CT molecular complexity index is 722. The van der Waals surface area contributed by atoms with Gasteiger partial charge in [-0.05, 0) is 19.1 Å². The number of aromatic nitrogens is 2. The summed E-state index contributed by atoms with van der Waals surface area (Å²) in [5, 5.41) is 4.34. The van der Waals surface area contributed by atoms with Crippen molar-refractivity contribution in [3.05, 3.63) is 59.8 Å². The fraction of sp³-hybridized carbons (Fsp3) is 0.294. The van der Waals surface area contributed by atoms with E-state index in [0.717, 1.165) is 11.3 Å². The number of allylic oxidation sites excluding steroid dienone is 1. The molecule has 120 valence electrons. The van der Waals surface area contributed by atoms with Gasteiger partial charge in [0.15, 0.2) is 0 Å². The number of amides is 1. The Morgan fingerprint density at radius 2 is 2.00 bits per heavy atom. The standard InChI is InChI=1S/C17H19N3O3/c1-13-16(23-9-8-22-13)17(21)19(2)11-14-10-18-20(12-14)15-6-4-3-5-7-15/h3-7,10,12H,8-9,11H2,1-2H3. The van der Waals surface area contributed by atoms with E-state index in [9.17, 15) is 4.79 Å². The lowest BCUT2D eigenvalue weighted by Crippen LogP contribution is -2.31. The number of benzene rings is 1. The Hall–Kier alpha value is -2.76. The van der Waals surface area contributed by atoms with Crippen molar-refractivity contribution in [2.75, 3.05) is 20.3 Å². The Balaban J connectivity index is 1.70. The monoisotopic (exact) mass is 313 g/mol. The maximum atomic E-state index is 12.4. The number of ether oxygens (including phenoxy) is 2. The molecular formula is C17H19N3O3. The Morgan fingerprint density at radius 3 is 2.74 bits per heavy atom. The summed E-state index contributed by atoms with van der Waals surface area (Å²) in [7, 11) is 1.74.